The molecule has 1 aromatic carbocycles. The summed E-state index contributed by atoms with van der Waals surface area (Å²) >= 11 is 1.10. The topological polar surface area (TPSA) is 60.3 Å². The van der Waals surface area contributed by atoms with Crippen LogP contribution in [0.5, 0.6) is 0 Å². The van der Waals surface area contributed by atoms with Crippen molar-refractivity contribution >= 4 is 17.2 Å². The van der Waals surface area contributed by atoms with Gasteiger partial charge in [-0.1, -0.05) is 41.7 Å². The molecule has 1 atom stereocenters. The molecule has 0 aliphatic rings. The molecule has 1 aromatic heterocycles. The van der Waals surface area contributed by atoms with Crippen molar-refractivity contribution < 1.29 is 9.53 Å². The predicted molar refractivity (Wildman–Crippen MR) is 82.5 cm³/mol. The van der Waals surface area contributed by atoms with Crippen LogP contribution in [-0.2, 0) is 16.1 Å². The Morgan fingerprint density at radius 2 is 2.10 bits per heavy atom. The van der Waals surface area contributed by atoms with Crippen molar-refractivity contribution in [3.8, 4) is 0 Å². The van der Waals surface area contributed by atoms with Gasteiger partial charge in [0.1, 0.15) is 6.54 Å². The fourth-order valence-corrected chi connectivity index (χ4v) is 2.74. The number of hydrogen-bond donors (Lipinski definition) is 1. The third kappa shape index (κ3) is 4.03. The Kier molecular flexibility index (Phi) is 5.30. The molecule has 21 heavy (non-hydrogen) atoms. The average Bonchev–Trinajstić information content (AvgIpc) is 2.81. The van der Waals surface area contributed by atoms with Gasteiger partial charge in [-0.3, -0.25) is 14.2 Å². The van der Waals surface area contributed by atoms with Crippen molar-refractivity contribution in [1.29, 1.82) is 0 Å². The van der Waals surface area contributed by atoms with Crippen LogP contribution in [0.15, 0.2) is 40.5 Å². The maximum atomic E-state index is 11.9. The fraction of sp³-hybridized carbons (Fsp3) is 0.333. The summed E-state index contributed by atoms with van der Waals surface area (Å²) in [7, 11) is 1.61. The zero-order chi connectivity index (χ0) is 15.2. The number of rotatable bonds is 6. The molecular weight excluding hydrogens is 288 g/mol. The van der Waals surface area contributed by atoms with E-state index in [2.05, 4.69) is 5.32 Å². The molecule has 1 heterocycles. The highest BCUT2D eigenvalue weighted by Crippen LogP contribution is 2.14. The Bertz CT molecular complexity index is 648. The molecule has 0 bridgehead atoms. The van der Waals surface area contributed by atoms with Gasteiger partial charge in [-0.25, -0.2) is 0 Å². The average molecular weight is 306 g/mol. The minimum absolute atomic E-state index is 0.0411. The summed E-state index contributed by atoms with van der Waals surface area (Å²) in [4.78, 5) is 23.4. The van der Waals surface area contributed by atoms with E-state index in [-0.39, 0.29) is 23.4 Å². The van der Waals surface area contributed by atoms with Gasteiger partial charge in [0.2, 0.25) is 5.91 Å². The minimum Gasteiger partial charge on any atom is -0.375 e. The van der Waals surface area contributed by atoms with E-state index in [1.54, 1.807) is 12.5 Å². The van der Waals surface area contributed by atoms with E-state index in [0.29, 0.717) is 6.54 Å². The number of aryl methyl sites for hydroxylation is 1. The van der Waals surface area contributed by atoms with Gasteiger partial charge in [-0.15, -0.1) is 0 Å². The standard InChI is InChI=1S/C15H18N2O3S/c1-11-10-21-15(19)17(11)9-14(18)16-8-13(20-2)12-6-4-3-5-7-12/h3-7,10,13H,8-9H2,1-2H3,(H,16,18). The first-order valence-corrected chi connectivity index (χ1v) is 7.49. The van der Waals surface area contributed by atoms with Crippen molar-refractivity contribution in [1.82, 2.24) is 9.88 Å². The molecule has 0 aliphatic carbocycles. The van der Waals surface area contributed by atoms with Gasteiger partial charge in [-0.2, -0.15) is 0 Å². The summed E-state index contributed by atoms with van der Waals surface area (Å²) in [6.07, 6.45) is -0.199. The third-order valence-corrected chi connectivity index (χ3v) is 4.10. The number of aromatic nitrogens is 1. The quantitative estimate of drug-likeness (QED) is 0.884. The summed E-state index contributed by atoms with van der Waals surface area (Å²) in [5, 5.41) is 4.55. The molecule has 1 amide bonds. The van der Waals surface area contributed by atoms with E-state index < -0.39 is 0 Å². The number of methoxy groups -OCH3 is 1. The number of carbonyl (C=O) groups is 1. The van der Waals surface area contributed by atoms with Crippen LogP contribution in [0.4, 0.5) is 0 Å². The Balaban J connectivity index is 1.93. The molecule has 0 spiro atoms. The second-order valence-corrected chi connectivity index (χ2v) is 5.49. The molecule has 2 aromatic rings. The van der Waals surface area contributed by atoms with Gasteiger partial charge in [0.25, 0.3) is 0 Å². The third-order valence-electron chi connectivity index (χ3n) is 3.22. The molecule has 1 N–H and O–H groups in total. The molecule has 0 saturated carbocycles. The van der Waals surface area contributed by atoms with Crippen LogP contribution in [0.1, 0.15) is 17.4 Å². The number of benzene rings is 1. The molecule has 2 rings (SSSR count). The summed E-state index contributed by atoms with van der Waals surface area (Å²) in [5.74, 6) is -0.198. The van der Waals surface area contributed by atoms with Gasteiger partial charge in [-0.05, 0) is 12.5 Å². The minimum atomic E-state index is -0.199. The molecule has 0 fully saturated rings. The van der Waals surface area contributed by atoms with Gasteiger partial charge >= 0.3 is 4.87 Å². The molecule has 0 radical (unpaired) electrons. The summed E-state index contributed by atoms with van der Waals surface area (Å²) in [5.41, 5.74) is 1.80. The number of amides is 1. The molecule has 112 valence electrons. The monoisotopic (exact) mass is 306 g/mol. The normalized spacial score (nSPS) is 12.1. The predicted octanol–water partition coefficient (Wildman–Crippen LogP) is 1.72. The van der Waals surface area contributed by atoms with E-state index in [9.17, 15) is 9.59 Å². The lowest BCUT2D eigenvalue weighted by molar-refractivity contribution is -0.122. The lowest BCUT2D eigenvalue weighted by atomic mass is 10.1. The smallest absolute Gasteiger partial charge is 0.307 e. The fourth-order valence-electron chi connectivity index (χ4n) is 2.01. The molecule has 1 unspecified atom stereocenters. The summed E-state index contributed by atoms with van der Waals surface area (Å²) in [6.45, 7) is 2.23. The van der Waals surface area contributed by atoms with E-state index >= 15 is 0 Å². The Morgan fingerprint density at radius 3 is 2.67 bits per heavy atom. The van der Waals surface area contributed by atoms with Gasteiger partial charge in [0, 0.05) is 24.7 Å². The van der Waals surface area contributed by atoms with Crippen LogP contribution < -0.4 is 10.2 Å². The van der Waals surface area contributed by atoms with Crippen molar-refractivity contribution in [3.63, 3.8) is 0 Å². The van der Waals surface area contributed by atoms with Crippen LogP contribution in [0.25, 0.3) is 0 Å². The maximum absolute atomic E-state index is 11.9. The van der Waals surface area contributed by atoms with Crippen LogP contribution in [-0.4, -0.2) is 24.1 Å². The molecule has 0 saturated heterocycles. The van der Waals surface area contributed by atoms with E-state index in [1.165, 1.54) is 4.57 Å². The summed E-state index contributed by atoms with van der Waals surface area (Å²) in [6, 6.07) is 9.69. The van der Waals surface area contributed by atoms with E-state index in [1.807, 2.05) is 37.3 Å². The highest BCUT2D eigenvalue weighted by molar-refractivity contribution is 7.07. The van der Waals surface area contributed by atoms with Crippen LogP contribution in [0, 0.1) is 6.92 Å². The highest BCUT2D eigenvalue weighted by Gasteiger charge is 2.13. The van der Waals surface area contributed by atoms with Crippen LogP contribution in [0.3, 0.4) is 0 Å². The highest BCUT2D eigenvalue weighted by atomic mass is 32.1. The zero-order valence-corrected chi connectivity index (χ0v) is 12.9. The second-order valence-electron chi connectivity index (χ2n) is 4.67. The van der Waals surface area contributed by atoms with Gasteiger partial charge in [0.05, 0.1) is 6.10 Å². The van der Waals surface area contributed by atoms with Crippen molar-refractivity contribution in [3.05, 3.63) is 56.6 Å². The van der Waals surface area contributed by atoms with E-state index in [4.69, 9.17) is 4.74 Å². The number of hydrogen-bond acceptors (Lipinski definition) is 4. The Hall–Kier alpha value is -1.92. The largest absolute Gasteiger partial charge is 0.375 e. The Morgan fingerprint density at radius 1 is 1.38 bits per heavy atom. The van der Waals surface area contributed by atoms with Crippen molar-refractivity contribution in [2.45, 2.75) is 19.6 Å². The first-order chi connectivity index (χ1) is 10.1. The maximum Gasteiger partial charge on any atom is 0.307 e. The summed E-state index contributed by atoms with van der Waals surface area (Å²) < 4.78 is 6.85. The molecule has 0 aliphatic heterocycles. The number of thiazole rings is 1. The number of nitrogens with zero attached hydrogens (tertiary/aromatic N) is 1. The van der Waals surface area contributed by atoms with Crippen molar-refractivity contribution in [2.75, 3.05) is 13.7 Å². The van der Waals surface area contributed by atoms with E-state index in [0.717, 1.165) is 22.6 Å². The first kappa shape index (κ1) is 15.5. The van der Waals surface area contributed by atoms with Crippen LogP contribution in [0.2, 0.25) is 0 Å². The number of ether oxygens (including phenoxy) is 1. The second kappa shape index (κ2) is 7.19. The van der Waals surface area contributed by atoms with Crippen LogP contribution >= 0.6 is 11.3 Å². The molecule has 5 nitrogen and oxygen atoms in total. The SMILES string of the molecule is COC(CNC(=O)Cn1c(C)csc1=O)c1ccccc1. The number of nitrogens with one attached hydrogen (secondary N) is 1. The Labute approximate surface area is 127 Å². The van der Waals surface area contributed by atoms with Crippen molar-refractivity contribution in [2.24, 2.45) is 0 Å². The first-order valence-electron chi connectivity index (χ1n) is 6.61. The lowest BCUT2D eigenvalue weighted by Gasteiger charge is -2.16. The lowest BCUT2D eigenvalue weighted by Crippen LogP contribution is -2.34. The van der Waals surface area contributed by atoms with Gasteiger partial charge in [0.15, 0.2) is 0 Å². The zero-order valence-electron chi connectivity index (χ0n) is 12.0. The molecular formula is C15H18N2O3S. The molecule has 6 heteroatoms. The number of carbonyl (C=O) groups excluding carboxylic acids is 1. The van der Waals surface area contributed by atoms with Gasteiger partial charge < -0.3 is 10.1 Å².